The van der Waals surface area contributed by atoms with Crippen LogP contribution in [0.2, 0.25) is 5.02 Å². The van der Waals surface area contributed by atoms with Gasteiger partial charge in [0, 0.05) is 16.5 Å². The molecule has 0 atom stereocenters. The Morgan fingerprint density at radius 3 is 2.33 bits per heavy atom. The van der Waals surface area contributed by atoms with Crippen LogP contribution in [0, 0.1) is 17.8 Å². The van der Waals surface area contributed by atoms with E-state index in [0.717, 1.165) is 23.4 Å². The van der Waals surface area contributed by atoms with E-state index in [1.807, 2.05) is 6.07 Å². The maximum Gasteiger partial charge on any atom is 0.0450 e. The Hall–Kier alpha value is -1.71. The van der Waals surface area contributed by atoms with Crippen LogP contribution in [-0.2, 0) is 12.8 Å². The lowest BCUT2D eigenvalue weighted by atomic mass is 9.79. The molecule has 0 saturated heterocycles. The third-order valence-corrected chi connectivity index (χ3v) is 6.21. The maximum atomic E-state index is 6.43. The normalized spacial score (nSPS) is 19.4. The van der Waals surface area contributed by atoms with Gasteiger partial charge in [0.25, 0.3) is 0 Å². The van der Waals surface area contributed by atoms with Crippen molar-refractivity contribution in [3.05, 3.63) is 69.7 Å². The molecule has 0 radical (unpaired) electrons. The standard InChI is InChI=1S/C26H31Cl/c1-3-5-6-25-18-13-22(19-26(25)27)8-7-21-11-16-24(17-12-21)23-14-9-20(4-2)10-15-23/h9-10,13-15,18-19,21,24H,3-6,11-12,16-17H2,1-2H3/t21-,24-. The molecule has 1 saturated carbocycles. The zero-order valence-electron chi connectivity index (χ0n) is 16.7. The highest BCUT2D eigenvalue weighted by molar-refractivity contribution is 6.31. The molecule has 3 rings (SSSR count). The number of unbranched alkanes of at least 4 members (excludes halogenated alkanes) is 1. The molecule has 0 aromatic heterocycles. The molecule has 0 N–H and O–H groups in total. The number of rotatable bonds is 5. The molecule has 1 aliphatic carbocycles. The minimum atomic E-state index is 0.523. The third kappa shape index (κ3) is 5.63. The largest absolute Gasteiger partial charge is 0.0945 e. The van der Waals surface area contributed by atoms with Crippen molar-refractivity contribution in [2.75, 3.05) is 0 Å². The average molecular weight is 379 g/mol. The number of halogens is 1. The van der Waals surface area contributed by atoms with Crippen LogP contribution < -0.4 is 0 Å². The van der Waals surface area contributed by atoms with Gasteiger partial charge in [0.15, 0.2) is 0 Å². The van der Waals surface area contributed by atoms with E-state index in [2.05, 4.69) is 62.1 Å². The Labute approximate surface area is 170 Å². The average Bonchev–Trinajstić information content (AvgIpc) is 2.72. The summed E-state index contributed by atoms with van der Waals surface area (Å²) in [4.78, 5) is 0. The Morgan fingerprint density at radius 2 is 1.70 bits per heavy atom. The second-order valence-electron chi connectivity index (χ2n) is 7.82. The smallest absolute Gasteiger partial charge is 0.0450 e. The van der Waals surface area contributed by atoms with E-state index in [-0.39, 0.29) is 0 Å². The fourth-order valence-corrected chi connectivity index (χ4v) is 4.25. The fourth-order valence-electron chi connectivity index (χ4n) is 3.98. The van der Waals surface area contributed by atoms with Gasteiger partial charge in [-0.15, -0.1) is 0 Å². The molecule has 1 fully saturated rings. The van der Waals surface area contributed by atoms with E-state index in [0.29, 0.717) is 11.8 Å². The first-order valence-corrected chi connectivity index (χ1v) is 11.0. The molecular weight excluding hydrogens is 348 g/mol. The highest BCUT2D eigenvalue weighted by atomic mass is 35.5. The Balaban J connectivity index is 1.55. The third-order valence-electron chi connectivity index (χ3n) is 5.86. The van der Waals surface area contributed by atoms with Gasteiger partial charge in [0.05, 0.1) is 0 Å². The number of benzene rings is 2. The predicted octanol–water partition coefficient (Wildman–Crippen LogP) is 7.57. The van der Waals surface area contributed by atoms with Crippen LogP contribution in [0.4, 0.5) is 0 Å². The summed E-state index contributed by atoms with van der Waals surface area (Å²) < 4.78 is 0. The van der Waals surface area contributed by atoms with Crippen molar-refractivity contribution in [2.24, 2.45) is 5.92 Å². The van der Waals surface area contributed by atoms with Crippen molar-refractivity contribution in [2.45, 2.75) is 71.1 Å². The van der Waals surface area contributed by atoms with Gasteiger partial charge in [-0.05, 0) is 79.7 Å². The molecule has 142 valence electrons. The predicted molar refractivity (Wildman–Crippen MR) is 117 cm³/mol. The molecule has 0 unspecified atom stereocenters. The molecule has 27 heavy (non-hydrogen) atoms. The number of aryl methyl sites for hydroxylation is 2. The van der Waals surface area contributed by atoms with Crippen molar-refractivity contribution in [3.63, 3.8) is 0 Å². The summed E-state index contributed by atoms with van der Waals surface area (Å²) in [5.74, 6) is 8.12. The number of hydrogen-bond donors (Lipinski definition) is 0. The van der Waals surface area contributed by atoms with Gasteiger partial charge in [-0.3, -0.25) is 0 Å². The van der Waals surface area contributed by atoms with E-state index >= 15 is 0 Å². The lowest BCUT2D eigenvalue weighted by Crippen LogP contribution is -2.12. The number of hydrogen-bond acceptors (Lipinski definition) is 0. The van der Waals surface area contributed by atoms with Crippen LogP contribution in [0.15, 0.2) is 42.5 Å². The molecular formula is C26H31Cl. The van der Waals surface area contributed by atoms with Crippen molar-refractivity contribution in [1.82, 2.24) is 0 Å². The van der Waals surface area contributed by atoms with Crippen molar-refractivity contribution >= 4 is 11.6 Å². The zero-order chi connectivity index (χ0) is 19.1. The van der Waals surface area contributed by atoms with E-state index in [9.17, 15) is 0 Å². The lowest BCUT2D eigenvalue weighted by molar-refractivity contribution is 0.384. The summed E-state index contributed by atoms with van der Waals surface area (Å²) in [6, 6.07) is 15.6. The minimum absolute atomic E-state index is 0.523. The minimum Gasteiger partial charge on any atom is -0.0945 e. The van der Waals surface area contributed by atoms with Gasteiger partial charge in [-0.2, -0.15) is 0 Å². The summed E-state index contributed by atoms with van der Waals surface area (Å²) in [5.41, 5.74) is 5.24. The van der Waals surface area contributed by atoms with Gasteiger partial charge in [0.1, 0.15) is 0 Å². The lowest BCUT2D eigenvalue weighted by Gasteiger charge is -2.26. The first kappa shape index (κ1) is 20.0. The van der Waals surface area contributed by atoms with E-state index in [4.69, 9.17) is 11.6 Å². The van der Waals surface area contributed by atoms with Gasteiger partial charge in [-0.25, -0.2) is 0 Å². The molecule has 0 bridgehead atoms. The van der Waals surface area contributed by atoms with E-state index < -0.39 is 0 Å². The van der Waals surface area contributed by atoms with Crippen molar-refractivity contribution < 1.29 is 0 Å². The summed E-state index contributed by atoms with van der Waals surface area (Å²) in [6.07, 6.45) is 9.48. The van der Waals surface area contributed by atoms with Crippen molar-refractivity contribution in [3.8, 4) is 11.8 Å². The van der Waals surface area contributed by atoms with Crippen LogP contribution in [0.5, 0.6) is 0 Å². The van der Waals surface area contributed by atoms with Crippen LogP contribution in [0.3, 0.4) is 0 Å². The second-order valence-corrected chi connectivity index (χ2v) is 8.23. The fraction of sp³-hybridized carbons (Fsp3) is 0.462. The SMILES string of the molecule is CCCCc1ccc(C#C[C@H]2CC[C@H](c3ccc(CC)cc3)CC2)cc1Cl. The van der Waals surface area contributed by atoms with Gasteiger partial charge >= 0.3 is 0 Å². The molecule has 2 aromatic carbocycles. The monoisotopic (exact) mass is 378 g/mol. The van der Waals surface area contributed by atoms with Crippen LogP contribution in [0.1, 0.15) is 80.5 Å². The van der Waals surface area contributed by atoms with Crippen LogP contribution >= 0.6 is 11.6 Å². The first-order chi connectivity index (χ1) is 13.2. The Kier molecular flexibility index (Phi) is 7.42. The summed E-state index contributed by atoms with van der Waals surface area (Å²) in [6.45, 7) is 4.42. The first-order valence-electron chi connectivity index (χ1n) is 10.6. The van der Waals surface area contributed by atoms with Gasteiger partial charge < -0.3 is 0 Å². The van der Waals surface area contributed by atoms with Gasteiger partial charge in [0.2, 0.25) is 0 Å². The molecule has 1 aliphatic rings. The van der Waals surface area contributed by atoms with E-state index in [1.165, 1.54) is 55.2 Å². The topological polar surface area (TPSA) is 0 Å². The van der Waals surface area contributed by atoms with Crippen LogP contribution in [-0.4, -0.2) is 0 Å². The van der Waals surface area contributed by atoms with Gasteiger partial charge in [-0.1, -0.05) is 74.0 Å². The Bertz CT molecular complexity index is 783. The molecule has 0 spiro atoms. The van der Waals surface area contributed by atoms with E-state index in [1.54, 1.807) is 0 Å². The molecule has 0 heterocycles. The summed E-state index contributed by atoms with van der Waals surface area (Å²) in [7, 11) is 0. The van der Waals surface area contributed by atoms with Crippen LogP contribution in [0.25, 0.3) is 0 Å². The van der Waals surface area contributed by atoms with Crippen molar-refractivity contribution in [1.29, 1.82) is 0 Å². The highest BCUT2D eigenvalue weighted by Gasteiger charge is 2.21. The molecule has 1 heteroatoms. The molecule has 2 aromatic rings. The summed E-state index contributed by atoms with van der Waals surface area (Å²) >= 11 is 6.43. The summed E-state index contributed by atoms with van der Waals surface area (Å²) in [5, 5.41) is 0.870. The molecule has 0 nitrogen and oxygen atoms in total. The Morgan fingerprint density at radius 1 is 0.963 bits per heavy atom. The quantitative estimate of drug-likeness (QED) is 0.470. The second kappa shape index (κ2) is 10.0. The maximum absolute atomic E-state index is 6.43. The highest BCUT2D eigenvalue weighted by Crippen LogP contribution is 2.35. The molecule has 0 amide bonds. The zero-order valence-corrected chi connectivity index (χ0v) is 17.5. The molecule has 0 aliphatic heterocycles.